The lowest BCUT2D eigenvalue weighted by Gasteiger charge is -2.27. The van der Waals surface area contributed by atoms with Crippen molar-refractivity contribution in [2.24, 2.45) is 11.1 Å². The third-order valence-corrected chi connectivity index (χ3v) is 7.88. The number of rotatable bonds is 3. The average Bonchev–Trinajstić information content (AvgIpc) is 3.31. The van der Waals surface area contributed by atoms with Gasteiger partial charge in [-0.3, -0.25) is 9.78 Å². The van der Waals surface area contributed by atoms with Crippen molar-refractivity contribution in [3.05, 3.63) is 77.2 Å². The first-order chi connectivity index (χ1) is 15.6. The SMILES string of the molecule is C[C@H]1c2cc(F)c(S(N)(=O)=O)cc2N(C(=O)[C@@H]2Cc3ccc(-c4ccccn4)cc3C2)[C@H]1C. The number of benzene rings is 2. The van der Waals surface area contributed by atoms with Gasteiger partial charge in [0.1, 0.15) is 10.7 Å². The molecule has 0 radical (unpaired) electrons. The van der Waals surface area contributed by atoms with Crippen molar-refractivity contribution in [2.45, 2.75) is 43.5 Å². The molecule has 0 fully saturated rings. The van der Waals surface area contributed by atoms with E-state index in [2.05, 4.69) is 11.1 Å². The van der Waals surface area contributed by atoms with Crippen LogP contribution in [0.4, 0.5) is 10.1 Å². The zero-order valence-corrected chi connectivity index (χ0v) is 19.1. The van der Waals surface area contributed by atoms with Crippen LogP contribution in [0.25, 0.3) is 11.3 Å². The quantitative estimate of drug-likeness (QED) is 0.637. The van der Waals surface area contributed by atoms with Crippen LogP contribution in [-0.4, -0.2) is 25.4 Å². The van der Waals surface area contributed by atoms with Crippen molar-refractivity contribution >= 4 is 21.6 Å². The fourth-order valence-corrected chi connectivity index (χ4v) is 5.66. The van der Waals surface area contributed by atoms with E-state index in [1.807, 2.05) is 44.2 Å². The number of sulfonamides is 1. The Bertz CT molecular complexity index is 1380. The Labute approximate surface area is 192 Å². The number of nitrogens with zero attached hydrogens (tertiary/aromatic N) is 2. The monoisotopic (exact) mass is 465 g/mol. The highest BCUT2D eigenvalue weighted by molar-refractivity contribution is 7.89. The number of halogens is 1. The number of hydrogen-bond donors (Lipinski definition) is 1. The van der Waals surface area contributed by atoms with E-state index in [1.165, 1.54) is 12.1 Å². The predicted octanol–water partition coefficient (Wildman–Crippen LogP) is 3.79. The molecule has 2 heterocycles. The van der Waals surface area contributed by atoms with Crippen molar-refractivity contribution in [1.29, 1.82) is 0 Å². The van der Waals surface area contributed by atoms with Crippen LogP contribution in [0.1, 0.15) is 36.5 Å². The molecule has 1 aliphatic heterocycles. The van der Waals surface area contributed by atoms with Crippen molar-refractivity contribution < 1.29 is 17.6 Å². The van der Waals surface area contributed by atoms with E-state index in [4.69, 9.17) is 5.14 Å². The summed E-state index contributed by atoms with van der Waals surface area (Å²) >= 11 is 0. The Morgan fingerprint density at radius 2 is 1.85 bits per heavy atom. The number of aromatic nitrogens is 1. The molecular formula is C25H24FN3O3S. The summed E-state index contributed by atoms with van der Waals surface area (Å²) < 4.78 is 38.2. The van der Waals surface area contributed by atoms with E-state index in [-0.39, 0.29) is 23.8 Å². The van der Waals surface area contributed by atoms with Crippen LogP contribution in [0.15, 0.2) is 59.6 Å². The van der Waals surface area contributed by atoms with Crippen LogP contribution in [0, 0.1) is 11.7 Å². The number of fused-ring (bicyclic) bond motifs is 2. The second kappa shape index (κ2) is 7.74. The maximum atomic E-state index is 14.5. The zero-order valence-electron chi connectivity index (χ0n) is 18.3. The minimum Gasteiger partial charge on any atom is -0.308 e. The fraction of sp³-hybridized carbons (Fsp3) is 0.280. The minimum atomic E-state index is -4.25. The molecule has 6 nitrogen and oxygen atoms in total. The number of hydrogen-bond acceptors (Lipinski definition) is 4. The van der Waals surface area contributed by atoms with Gasteiger partial charge >= 0.3 is 0 Å². The van der Waals surface area contributed by atoms with E-state index in [0.717, 1.165) is 22.4 Å². The first-order valence-electron chi connectivity index (χ1n) is 10.9. The molecule has 5 rings (SSSR count). The molecule has 3 aromatic rings. The molecule has 2 N–H and O–H groups in total. The first kappa shape index (κ1) is 21.7. The topological polar surface area (TPSA) is 93.4 Å². The Balaban J connectivity index is 1.47. The molecule has 2 aliphatic rings. The summed E-state index contributed by atoms with van der Waals surface area (Å²) in [6, 6.07) is 14.1. The van der Waals surface area contributed by atoms with Gasteiger partial charge in [-0.2, -0.15) is 0 Å². The van der Waals surface area contributed by atoms with E-state index in [0.29, 0.717) is 24.1 Å². The molecular weight excluding hydrogens is 441 g/mol. The molecule has 2 aromatic carbocycles. The molecule has 3 atom stereocenters. The highest BCUT2D eigenvalue weighted by Crippen LogP contribution is 2.44. The number of nitrogens with two attached hydrogens (primary N) is 1. The normalized spacial score (nSPS) is 21.7. The van der Waals surface area contributed by atoms with E-state index in [1.54, 1.807) is 11.1 Å². The third-order valence-electron chi connectivity index (χ3n) is 6.95. The lowest BCUT2D eigenvalue weighted by atomic mass is 9.98. The summed E-state index contributed by atoms with van der Waals surface area (Å²) in [5.41, 5.74) is 5.16. The highest BCUT2D eigenvalue weighted by atomic mass is 32.2. The van der Waals surface area contributed by atoms with Gasteiger partial charge in [-0.05, 0) is 66.8 Å². The van der Waals surface area contributed by atoms with Gasteiger partial charge < -0.3 is 4.90 Å². The summed E-state index contributed by atoms with van der Waals surface area (Å²) in [6.07, 6.45) is 2.94. The lowest BCUT2D eigenvalue weighted by molar-refractivity contribution is -0.122. The largest absolute Gasteiger partial charge is 0.308 e. The molecule has 33 heavy (non-hydrogen) atoms. The number of pyridine rings is 1. The molecule has 170 valence electrons. The molecule has 0 bridgehead atoms. The number of carbonyl (C=O) groups excluding carboxylic acids is 1. The van der Waals surface area contributed by atoms with Gasteiger partial charge in [-0.1, -0.05) is 25.1 Å². The summed E-state index contributed by atoms with van der Waals surface area (Å²) in [5, 5.41) is 5.21. The van der Waals surface area contributed by atoms with Crippen LogP contribution >= 0.6 is 0 Å². The maximum absolute atomic E-state index is 14.5. The van der Waals surface area contributed by atoms with Crippen molar-refractivity contribution in [1.82, 2.24) is 4.98 Å². The summed E-state index contributed by atoms with van der Waals surface area (Å²) in [5.74, 6) is -1.38. The Hall–Kier alpha value is -3.10. The van der Waals surface area contributed by atoms with Crippen LogP contribution < -0.4 is 10.0 Å². The lowest BCUT2D eigenvalue weighted by Crippen LogP contribution is -2.41. The molecule has 1 aliphatic carbocycles. The summed E-state index contributed by atoms with van der Waals surface area (Å²) in [4.78, 5) is 19.1. The Kier molecular flexibility index (Phi) is 5.10. The van der Waals surface area contributed by atoms with Gasteiger partial charge in [-0.15, -0.1) is 0 Å². The Morgan fingerprint density at radius 1 is 1.09 bits per heavy atom. The molecule has 1 aromatic heterocycles. The van der Waals surface area contributed by atoms with Gasteiger partial charge in [0.25, 0.3) is 0 Å². The minimum absolute atomic E-state index is 0.0873. The third kappa shape index (κ3) is 3.63. The Morgan fingerprint density at radius 3 is 2.55 bits per heavy atom. The fourth-order valence-electron chi connectivity index (χ4n) is 5.05. The number of anilines is 1. The van der Waals surface area contributed by atoms with E-state index in [9.17, 15) is 17.6 Å². The van der Waals surface area contributed by atoms with Gasteiger partial charge in [0.05, 0.1) is 5.69 Å². The van der Waals surface area contributed by atoms with Gasteiger partial charge in [0.2, 0.25) is 15.9 Å². The number of amides is 1. The van der Waals surface area contributed by atoms with Crippen molar-refractivity contribution in [3.63, 3.8) is 0 Å². The molecule has 1 amide bonds. The van der Waals surface area contributed by atoms with Crippen LogP contribution in [-0.2, 0) is 27.7 Å². The zero-order chi connectivity index (χ0) is 23.5. The van der Waals surface area contributed by atoms with Crippen LogP contribution in [0.2, 0.25) is 0 Å². The summed E-state index contributed by atoms with van der Waals surface area (Å²) in [7, 11) is -4.25. The smallest absolute Gasteiger partial charge is 0.241 e. The molecule has 0 saturated carbocycles. The van der Waals surface area contributed by atoms with Crippen LogP contribution in [0.3, 0.4) is 0 Å². The highest BCUT2D eigenvalue weighted by Gasteiger charge is 2.41. The number of carbonyl (C=O) groups is 1. The van der Waals surface area contributed by atoms with Crippen molar-refractivity contribution in [2.75, 3.05) is 4.90 Å². The van der Waals surface area contributed by atoms with Gasteiger partial charge in [0.15, 0.2) is 0 Å². The second-order valence-corrected chi connectivity index (χ2v) is 10.5. The van der Waals surface area contributed by atoms with Crippen LogP contribution in [0.5, 0.6) is 0 Å². The van der Waals surface area contributed by atoms with E-state index < -0.39 is 20.7 Å². The first-order valence-corrected chi connectivity index (χ1v) is 12.4. The summed E-state index contributed by atoms with van der Waals surface area (Å²) in [6.45, 7) is 3.81. The van der Waals surface area contributed by atoms with Crippen molar-refractivity contribution in [3.8, 4) is 11.3 Å². The molecule has 0 saturated heterocycles. The predicted molar refractivity (Wildman–Crippen MR) is 124 cm³/mol. The standard InChI is InChI=1S/C25H24FN3O3S/c1-14-15(2)29(23-13-24(33(27,31)32)21(26)12-20(14)23)25(30)19-9-16-6-7-17(10-18(16)11-19)22-5-3-4-8-28-22/h3-8,10,12-15,19H,9,11H2,1-2H3,(H2,27,31,32)/t14-,15+,19-/m1/s1. The average molecular weight is 466 g/mol. The molecule has 8 heteroatoms. The number of primary sulfonamides is 1. The molecule has 0 spiro atoms. The van der Waals surface area contributed by atoms with E-state index >= 15 is 0 Å². The maximum Gasteiger partial charge on any atom is 0.241 e. The van der Waals surface area contributed by atoms with Gasteiger partial charge in [0, 0.05) is 35.3 Å². The second-order valence-electron chi connectivity index (χ2n) is 8.93. The molecule has 0 unspecified atom stereocenters. The van der Waals surface area contributed by atoms with Gasteiger partial charge in [-0.25, -0.2) is 17.9 Å².